The molecule has 1 atom stereocenters. The summed E-state index contributed by atoms with van der Waals surface area (Å²) in [6.45, 7) is 0. The summed E-state index contributed by atoms with van der Waals surface area (Å²) < 4.78 is 0. The molecule has 12 aromatic carbocycles. The highest BCUT2D eigenvalue weighted by molar-refractivity contribution is 6.37. The minimum Gasteiger partial charge on any atom is -0.0751 e. The van der Waals surface area contributed by atoms with E-state index in [1.165, 1.54) is 154 Å². The maximum absolute atomic E-state index is 2.70. The second kappa shape index (κ2) is 12.5. The van der Waals surface area contributed by atoms with Crippen LogP contribution in [0.5, 0.6) is 0 Å². The molecule has 302 valence electrons. The Morgan fingerprint density at radius 3 is 1.56 bits per heavy atom. The first-order valence-corrected chi connectivity index (χ1v) is 23.4. The Bertz CT molecular complexity index is 4250. The lowest BCUT2D eigenvalue weighted by molar-refractivity contribution is 0.689. The lowest BCUT2D eigenvalue weighted by atomic mass is 9.65. The van der Waals surface area contributed by atoms with Gasteiger partial charge < -0.3 is 0 Å². The van der Waals surface area contributed by atoms with Crippen molar-refractivity contribution in [2.75, 3.05) is 0 Å². The molecule has 0 N–H and O–H groups in total. The average molecular weight is 831 g/mol. The highest BCUT2D eigenvalue weighted by Gasteiger charge is 2.48. The van der Waals surface area contributed by atoms with Crippen LogP contribution in [-0.2, 0) is 5.41 Å². The Morgan fingerprint density at radius 2 is 0.894 bits per heavy atom. The van der Waals surface area contributed by atoms with Crippen molar-refractivity contribution in [3.8, 4) is 66.8 Å². The number of fused-ring (bicyclic) bond motifs is 7. The van der Waals surface area contributed by atoms with Crippen molar-refractivity contribution in [2.24, 2.45) is 0 Å². The minimum absolute atomic E-state index is 0.311. The summed E-state index contributed by atoms with van der Waals surface area (Å²) >= 11 is 0. The molecule has 0 radical (unpaired) electrons. The molecular weight excluding hydrogens is 793 g/mol. The summed E-state index contributed by atoms with van der Waals surface area (Å²) in [4.78, 5) is 0. The van der Waals surface area contributed by atoms with E-state index in [1.54, 1.807) is 0 Å². The zero-order valence-corrected chi connectivity index (χ0v) is 36.0. The number of benzene rings is 12. The number of hydrogen-bond acceptors (Lipinski definition) is 0. The Labute approximate surface area is 382 Å². The largest absolute Gasteiger partial charge is 0.0751 e. The molecule has 1 unspecified atom stereocenters. The van der Waals surface area contributed by atoms with Crippen molar-refractivity contribution >= 4 is 65.5 Å². The van der Waals surface area contributed by atoms with Gasteiger partial charge in [-0.3, -0.25) is 0 Å². The van der Waals surface area contributed by atoms with Gasteiger partial charge in [-0.2, -0.15) is 0 Å². The molecule has 0 aromatic heterocycles. The molecule has 66 heavy (non-hydrogen) atoms. The summed E-state index contributed by atoms with van der Waals surface area (Å²) in [6.07, 6.45) is 6.21. The van der Waals surface area contributed by atoms with Crippen LogP contribution in [0.3, 0.4) is 0 Å². The van der Waals surface area contributed by atoms with Crippen LogP contribution in [0.1, 0.15) is 28.7 Å². The predicted octanol–water partition coefficient (Wildman–Crippen LogP) is 16.7. The van der Waals surface area contributed by atoms with Crippen LogP contribution >= 0.6 is 0 Å². The predicted molar refractivity (Wildman–Crippen MR) is 279 cm³/mol. The minimum atomic E-state index is -0.311. The summed E-state index contributed by atoms with van der Waals surface area (Å²) in [5.74, 6) is 0. The fourth-order valence-electron chi connectivity index (χ4n) is 13.4. The van der Waals surface area contributed by atoms with Crippen molar-refractivity contribution in [1.82, 2.24) is 0 Å². The maximum Gasteiger partial charge on any atom is 0.0444 e. The van der Waals surface area contributed by atoms with Gasteiger partial charge in [0.05, 0.1) is 0 Å². The standard InChI is InChI=1S/C66H38/c1-5-16-38(17-6-1)44-27-15-24-42-34-52-54-37-66(55(52)36-51(42)44)33-32-43-35-53-60-50(31-30-48-49-29-28-45(39-18-7-2-8-19-39)59(54)64(49)65(66)58(43)61(48)60)62-56(40-20-9-3-10-21-40)46-25-13-14-26-47(46)57(63(53)62)41-22-11-4-12-23-41/h1-32,34-37H,33H2. The zero-order chi connectivity index (χ0) is 42.8. The molecule has 0 saturated heterocycles. The van der Waals surface area contributed by atoms with E-state index < -0.39 is 0 Å². The van der Waals surface area contributed by atoms with Crippen LogP contribution in [0.4, 0.5) is 0 Å². The van der Waals surface area contributed by atoms with Gasteiger partial charge in [-0.15, -0.1) is 0 Å². The van der Waals surface area contributed by atoms with Crippen LogP contribution in [0.2, 0.25) is 0 Å². The van der Waals surface area contributed by atoms with Gasteiger partial charge in [0.2, 0.25) is 0 Å². The van der Waals surface area contributed by atoms with E-state index in [0.717, 1.165) is 6.42 Å². The fraction of sp³-hybridized carbons (Fsp3) is 0.0303. The molecule has 4 aliphatic carbocycles. The Morgan fingerprint density at radius 1 is 0.318 bits per heavy atom. The lowest BCUT2D eigenvalue weighted by Gasteiger charge is -2.37. The van der Waals surface area contributed by atoms with Gasteiger partial charge in [0.15, 0.2) is 0 Å². The van der Waals surface area contributed by atoms with E-state index in [-0.39, 0.29) is 5.41 Å². The molecule has 1 spiro atoms. The highest BCUT2D eigenvalue weighted by atomic mass is 14.5. The number of hydrogen-bond donors (Lipinski definition) is 0. The summed E-state index contributed by atoms with van der Waals surface area (Å²) in [7, 11) is 0. The monoisotopic (exact) mass is 830 g/mol. The van der Waals surface area contributed by atoms with Crippen molar-refractivity contribution < 1.29 is 0 Å². The first-order chi connectivity index (χ1) is 32.7. The molecule has 0 fully saturated rings. The Balaban J connectivity index is 1.09. The van der Waals surface area contributed by atoms with Gasteiger partial charge in [-0.05, 0) is 178 Å². The van der Waals surface area contributed by atoms with Crippen molar-refractivity contribution in [3.05, 3.63) is 240 Å². The molecule has 0 aliphatic heterocycles. The maximum atomic E-state index is 2.70. The van der Waals surface area contributed by atoms with E-state index in [9.17, 15) is 0 Å². The van der Waals surface area contributed by atoms with Gasteiger partial charge in [-0.1, -0.05) is 200 Å². The quantitative estimate of drug-likeness (QED) is 0.122. The van der Waals surface area contributed by atoms with Crippen LogP contribution in [-0.4, -0.2) is 0 Å². The van der Waals surface area contributed by atoms with Crippen LogP contribution in [0.15, 0.2) is 212 Å². The third-order valence-corrected chi connectivity index (χ3v) is 15.9. The number of allylic oxidation sites excluding steroid dienone is 1. The SMILES string of the molecule is C1=C2c3cc4cccc(-c5ccccc5)c4cc3C13CC=c1cc4c5c(ccc6c7ccc(-c8ccccc8)c2c7c3c1c56)-c1c-4c(-c2ccccc2)c2ccccc2c1-c1ccccc1. The van der Waals surface area contributed by atoms with Crippen LogP contribution in [0.25, 0.3) is 132 Å². The van der Waals surface area contributed by atoms with E-state index >= 15 is 0 Å². The summed E-state index contributed by atoms with van der Waals surface area (Å²) in [5.41, 5.74) is 22.4. The fourth-order valence-corrected chi connectivity index (χ4v) is 13.4. The van der Waals surface area contributed by atoms with Gasteiger partial charge >= 0.3 is 0 Å². The molecule has 4 aliphatic rings. The van der Waals surface area contributed by atoms with E-state index in [1.807, 2.05) is 0 Å². The summed E-state index contributed by atoms with van der Waals surface area (Å²) in [6, 6.07) is 77.9. The molecule has 2 bridgehead atoms. The van der Waals surface area contributed by atoms with Crippen molar-refractivity contribution in [3.63, 3.8) is 0 Å². The third-order valence-electron chi connectivity index (χ3n) is 15.9. The first kappa shape index (κ1) is 35.1. The topological polar surface area (TPSA) is 0 Å². The summed E-state index contributed by atoms with van der Waals surface area (Å²) in [5, 5.41) is 14.9. The Hall–Kier alpha value is -8.32. The van der Waals surface area contributed by atoms with Gasteiger partial charge in [0.25, 0.3) is 0 Å². The smallest absolute Gasteiger partial charge is 0.0444 e. The molecule has 0 amide bonds. The molecule has 16 rings (SSSR count). The first-order valence-electron chi connectivity index (χ1n) is 23.4. The van der Waals surface area contributed by atoms with Crippen molar-refractivity contribution in [1.29, 1.82) is 0 Å². The lowest BCUT2D eigenvalue weighted by Crippen LogP contribution is -2.30. The Kier molecular flexibility index (Phi) is 6.63. The molecular formula is C66H38. The van der Waals surface area contributed by atoms with Gasteiger partial charge in [0.1, 0.15) is 0 Å². The molecule has 12 aromatic rings. The second-order valence-electron chi connectivity index (χ2n) is 19.0. The van der Waals surface area contributed by atoms with Gasteiger partial charge in [-0.25, -0.2) is 0 Å². The normalized spacial score (nSPS) is 15.8. The van der Waals surface area contributed by atoms with E-state index in [2.05, 4.69) is 218 Å². The van der Waals surface area contributed by atoms with Gasteiger partial charge in [0, 0.05) is 5.41 Å². The third kappa shape index (κ3) is 4.26. The molecule has 0 saturated carbocycles. The van der Waals surface area contributed by atoms with E-state index in [0.29, 0.717) is 0 Å². The van der Waals surface area contributed by atoms with Crippen molar-refractivity contribution in [2.45, 2.75) is 11.8 Å². The number of rotatable bonds is 4. The highest BCUT2D eigenvalue weighted by Crippen LogP contribution is 2.64. The van der Waals surface area contributed by atoms with Crippen LogP contribution < -0.4 is 5.22 Å². The zero-order valence-electron chi connectivity index (χ0n) is 36.0. The molecule has 0 heteroatoms. The van der Waals surface area contributed by atoms with E-state index in [4.69, 9.17) is 0 Å². The van der Waals surface area contributed by atoms with Crippen LogP contribution in [0, 0.1) is 0 Å². The molecule has 0 heterocycles. The average Bonchev–Trinajstić information content (AvgIpc) is 3.85. The molecule has 0 nitrogen and oxygen atoms in total. The second-order valence-corrected chi connectivity index (χ2v) is 19.0.